The van der Waals surface area contributed by atoms with E-state index in [1.165, 1.54) is 11.1 Å². The molecule has 0 aliphatic heterocycles. The number of benzene rings is 1. The van der Waals surface area contributed by atoms with Crippen LogP contribution in [0.2, 0.25) is 0 Å². The molecular weight excluding hydrogens is 248 g/mol. The molecule has 1 N–H and O–H groups in total. The van der Waals surface area contributed by atoms with Gasteiger partial charge in [0.2, 0.25) is 0 Å². The van der Waals surface area contributed by atoms with Crippen molar-refractivity contribution in [2.75, 3.05) is 40.3 Å². The largest absolute Gasteiger partial charge is 0.493 e. The number of hydrogen-bond donors (Lipinski definition) is 1. The molecule has 1 rings (SSSR count). The van der Waals surface area contributed by atoms with E-state index in [1.807, 2.05) is 6.08 Å². The lowest BCUT2D eigenvalue weighted by atomic mass is 10.1. The zero-order valence-electron chi connectivity index (χ0n) is 13.1. The van der Waals surface area contributed by atoms with Gasteiger partial charge in [0.25, 0.3) is 0 Å². The van der Waals surface area contributed by atoms with Crippen molar-refractivity contribution in [2.24, 2.45) is 0 Å². The number of likely N-dealkylation sites (N-methyl/N-ethyl adjacent to an activating group) is 1. The van der Waals surface area contributed by atoms with Gasteiger partial charge in [-0.1, -0.05) is 23.8 Å². The molecule has 0 saturated carbocycles. The number of nitrogens with zero attached hydrogens (tertiary/aromatic N) is 1. The van der Waals surface area contributed by atoms with Gasteiger partial charge in [0.15, 0.2) is 0 Å². The summed E-state index contributed by atoms with van der Waals surface area (Å²) in [6, 6.07) is 6.33. The first-order valence-corrected chi connectivity index (χ1v) is 7.32. The first-order chi connectivity index (χ1) is 9.63. The average Bonchev–Trinajstić information content (AvgIpc) is 2.40. The molecule has 0 bridgehead atoms. The molecule has 1 aromatic rings. The van der Waals surface area contributed by atoms with Crippen molar-refractivity contribution in [3.05, 3.63) is 42.0 Å². The van der Waals surface area contributed by atoms with Crippen molar-refractivity contribution in [3.63, 3.8) is 0 Å². The number of nitrogens with one attached hydrogen (secondary N) is 1. The number of aryl methyl sites for hydroxylation is 1. The fourth-order valence-corrected chi connectivity index (χ4v) is 1.97. The van der Waals surface area contributed by atoms with Crippen LogP contribution in [0.15, 0.2) is 30.9 Å². The van der Waals surface area contributed by atoms with Crippen molar-refractivity contribution in [1.29, 1.82) is 0 Å². The third-order valence-corrected chi connectivity index (χ3v) is 3.07. The molecule has 0 radical (unpaired) electrons. The van der Waals surface area contributed by atoms with Crippen molar-refractivity contribution in [1.82, 2.24) is 10.2 Å². The van der Waals surface area contributed by atoms with Gasteiger partial charge in [-0.2, -0.15) is 0 Å². The van der Waals surface area contributed by atoms with E-state index in [9.17, 15) is 0 Å². The molecular formula is C17H28N2O. The van der Waals surface area contributed by atoms with E-state index in [-0.39, 0.29) is 0 Å². The summed E-state index contributed by atoms with van der Waals surface area (Å²) < 4.78 is 5.87. The highest BCUT2D eigenvalue weighted by atomic mass is 16.5. The van der Waals surface area contributed by atoms with E-state index in [0.29, 0.717) is 0 Å². The summed E-state index contributed by atoms with van der Waals surface area (Å²) in [6.45, 7) is 9.75. The van der Waals surface area contributed by atoms with Crippen molar-refractivity contribution in [2.45, 2.75) is 19.8 Å². The van der Waals surface area contributed by atoms with Crippen LogP contribution < -0.4 is 10.1 Å². The fraction of sp³-hybridized carbons (Fsp3) is 0.529. The van der Waals surface area contributed by atoms with Crippen molar-refractivity contribution < 1.29 is 4.74 Å². The third kappa shape index (κ3) is 6.73. The van der Waals surface area contributed by atoms with Gasteiger partial charge in [0.05, 0.1) is 6.61 Å². The molecule has 112 valence electrons. The smallest absolute Gasteiger partial charge is 0.122 e. The van der Waals surface area contributed by atoms with Gasteiger partial charge < -0.3 is 15.0 Å². The van der Waals surface area contributed by atoms with Crippen LogP contribution in [0.4, 0.5) is 0 Å². The molecule has 0 heterocycles. The molecule has 3 nitrogen and oxygen atoms in total. The van der Waals surface area contributed by atoms with E-state index in [1.54, 1.807) is 0 Å². The molecule has 0 saturated heterocycles. The highest BCUT2D eigenvalue weighted by molar-refractivity contribution is 5.38. The zero-order chi connectivity index (χ0) is 14.8. The molecule has 0 fully saturated rings. The topological polar surface area (TPSA) is 24.5 Å². The van der Waals surface area contributed by atoms with Crippen LogP contribution in [0.1, 0.15) is 17.5 Å². The number of allylic oxidation sites excluding steroid dienone is 1. The maximum Gasteiger partial charge on any atom is 0.122 e. The molecule has 0 unspecified atom stereocenters. The van der Waals surface area contributed by atoms with E-state index in [2.05, 4.69) is 56.0 Å². The van der Waals surface area contributed by atoms with Gasteiger partial charge in [0, 0.05) is 13.1 Å². The Morgan fingerprint density at radius 2 is 2.10 bits per heavy atom. The first kappa shape index (κ1) is 16.7. The molecule has 0 aliphatic rings. The summed E-state index contributed by atoms with van der Waals surface area (Å²) in [4.78, 5) is 2.18. The lowest BCUT2D eigenvalue weighted by molar-refractivity contribution is 0.303. The SMILES string of the molecule is C=CCc1cc(C)ccc1OCCCNCCN(C)C. The van der Waals surface area contributed by atoms with Crippen LogP contribution in [0.25, 0.3) is 0 Å². The molecule has 20 heavy (non-hydrogen) atoms. The highest BCUT2D eigenvalue weighted by Gasteiger charge is 2.02. The summed E-state index contributed by atoms with van der Waals surface area (Å²) in [6.07, 6.45) is 3.80. The summed E-state index contributed by atoms with van der Waals surface area (Å²) in [7, 11) is 4.17. The minimum absolute atomic E-state index is 0.752. The normalized spacial score (nSPS) is 10.8. The van der Waals surface area contributed by atoms with Gasteiger partial charge in [-0.05, 0) is 52.0 Å². The standard InChI is InChI=1S/C17H28N2O/c1-5-7-16-14-15(2)8-9-17(16)20-13-6-10-18-11-12-19(3)4/h5,8-9,14,18H,1,6-7,10-13H2,2-4H3. The van der Waals surface area contributed by atoms with Crippen molar-refractivity contribution in [3.8, 4) is 5.75 Å². The second kappa shape index (κ2) is 9.56. The molecule has 1 aromatic carbocycles. The molecule has 0 aromatic heterocycles. The minimum Gasteiger partial charge on any atom is -0.493 e. The summed E-state index contributed by atoms with van der Waals surface area (Å²) in [5.74, 6) is 0.990. The Labute approximate surface area is 123 Å². The van der Waals surface area contributed by atoms with E-state index in [4.69, 9.17) is 4.74 Å². The lowest BCUT2D eigenvalue weighted by Crippen LogP contribution is -2.27. The highest BCUT2D eigenvalue weighted by Crippen LogP contribution is 2.21. The predicted molar refractivity (Wildman–Crippen MR) is 86.6 cm³/mol. The van der Waals surface area contributed by atoms with Gasteiger partial charge in [-0.3, -0.25) is 0 Å². The minimum atomic E-state index is 0.752. The Kier molecular flexibility index (Phi) is 8.00. The average molecular weight is 276 g/mol. The number of rotatable bonds is 10. The van der Waals surface area contributed by atoms with Crippen LogP contribution in [-0.4, -0.2) is 45.2 Å². The maximum atomic E-state index is 5.87. The predicted octanol–water partition coefficient (Wildman–Crippen LogP) is 2.64. The first-order valence-electron chi connectivity index (χ1n) is 7.32. The van der Waals surface area contributed by atoms with Crippen LogP contribution in [0, 0.1) is 6.92 Å². The van der Waals surface area contributed by atoms with Crippen LogP contribution in [0.3, 0.4) is 0 Å². The number of hydrogen-bond acceptors (Lipinski definition) is 3. The van der Waals surface area contributed by atoms with Gasteiger partial charge in [-0.25, -0.2) is 0 Å². The maximum absolute atomic E-state index is 5.87. The van der Waals surface area contributed by atoms with Crippen LogP contribution in [-0.2, 0) is 6.42 Å². The van der Waals surface area contributed by atoms with Crippen LogP contribution >= 0.6 is 0 Å². The second-order valence-electron chi connectivity index (χ2n) is 5.36. The Bertz CT molecular complexity index is 402. The zero-order valence-corrected chi connectivity index (χ0v) is 13.1. The molecule has 0 atom stereocenters. The Morgan fingerprint density at radius 3 is 2.80 bits per heavy atom. The lowest BCUT2D eigenvalue weighted by Gasteiger charge is -2.12. The molecule has 3 heteroatoms. The fourth-order valence-electron chi connectivity index (χ4n) is 1.97. The summed E-state index contributed by atoms with van der Waals surface area (Å²) in [5.41, 5.74) is 2.49. The molecule has 0 amide bonds. The van der Waals surface area contributed by atoms with Gasteiger partial charge >= 0.3 is 0 Å². The van der Waals surface area contributed by atoms with Crippen LogP contribution in [0.5, 0.6) is 5.75 Å². The molecule has 0 spiro atoms. The Morgan fingerprint density at radius 1 is 1.30 bits per heavy atom. The summed E-state index contributed by atoms with van der Waals surface area (Å²) >= 11 is 0. The van der Waals surface area contributed by atoms with Gasteiger partial charge in [-0.15, -0.1) is 6.58 Å². The van der Waals surface area contributed by atoms with Crippen molar-refractivity contribution >= 4 is 0 Å². The Balaban J connectivity index is 2.26. The summed E-state index contributed by atoms with van der Waals surface area (Å²) in [5, 5.41) is 3.41. The monoisotopic (exact) mass is 276 g/mol. The Hall–Kier alpha value is -1.32. The van der Waals surface area contributed by atoms with Gasteiger partial charge in [0.1, 0.15) is 5.75 Å². The number of ether oxygens (including phenoxy) is 1. The van der Waals surface area contributed by atoms with E-state index >= 15 is 0 Å². The van der Waals surface area contributed by atoms with E-state index < -0.39 is 0 Å². The second-order valence-corrected chi connectivity index (χ2v) is 5.36. The van der Waals surface area contributed by atoms with E-state index in [0.717, 1.165) is 44.8 Å². The molecule has 0 aliphatic carbocycles. The quantitative estimate of drug-likeness (QED) is 0.525. The third-order valence-electron chi connectivity index (χ3n) is 3.07.